The summed E-state index contributed by atoms with van der Waals surface area (Å²) < 4.78 is 14.1. The van der Waals surface area contributed by atoms with Crippen LogP contribution in [0.1, 0.15) is 0 Å². The number of aromatic nitrogens is 2. The third kappa shape index (κ3) is 3.79. The molecule has 1 heterocycles. The van der Waals surface area contributed by atoms with Gasteiger partial charge in [0.25, 0.3) is 0 Å². The second-order valence-corrected chi connectivity index (χ2v) is 5.45. The maximum absolute atomic E-state index is 13.2. The molecule has 2 N–H and O–H groups in total. The van der Waals surface area contributed by atoms with Gasteiger partial charge in [-0.2, -0.15) is 4.98 Å². The van der Waals surface area contributed by atoms with Crippen LogP contribution < -0.4 is 10.6 Å². The van der Waals surface area contributed by atoms with E-state index in [4.69, 9.17) is 0 Å². The standard InChI is InChI=1S/C16H12BrFN4/c17-11-3-1-5-13(9-11)21-16-19-8-7-15(22-16)20-14-6-2-4-12(18)10-14/h1-10H,(H2,19,20,21,22). The molecule has 0 amide bonds. The maximum atomic E-state index is 13.2. The second kappa shape index (κ2) is 6.53. The van der Waals surface area contributed by atoms with Crippen LogP contribution in [0.15, 0.2) is 65.3 Å². The summed E-state index contributed by atoms with van der Waals surface area (Å²) in [4.78, 5) is 8.52. The van der Waals surface area contributed by atoms with Crippen molar-refractivity contribution in [3.05, 3.63) is 71.1 Å². The third-order valence-electron chi connectivity index (χ3n) is 2.83. The van der Waals surface area contributed by atoms with Crippen LogP contribution in [-0.2, 0) is 0 Å². The normalized spacial score (nSPS) is 10.3. The van der Waals surface area contributed by atoms with E-state index in [0.29, 0.717) is 17.5 Å². The zero-order valence-electron chi connectivity index (χ0n) is 11.4. The number of benzene rings is 2. The quantitative estimate of drug-likeness (QED) is 0.698. The van der Waals surface area contributed by atoms with Crippen LogP contribution in [0.25, 0.3) is 0 Å². The first-order valence-corrected chi connectivity index (χ1v) is 7.36. The highest BCUT2D eigenvalue weighted by atomic mass is 79.9. The molecule has 0 fully saturated rings. The molecular weight excluding hydrogens is 347 g/mol. The first-order chi connectivity index (χ1) is 10.7. The van der Waals surface area contributed by atoms with Gasteiger partial charge >= 0.3 is 0 Å². The van der Waals surface area contributed by atoms with Gasteiger partial charge in [-0.15, -0.1) is 0 Å². The van der Waals surface area contributed by atoms with Gasteiger partial charge in [-0.1, -0.05) is 28.1 Å². The Bertz CT molecular complexity index is 732. The van der Waals surface area contributed by atoms with Crippen molar-refractivity contribution in [2.24, 2.45) is 0 Å². The van der Waals surface area contributed by atoms with E-state index in [0.717, 1.165) is 10.2 Å². The highest BCUT2D eigenvalue weighted by Crippen LogP contribution is 2.20. The Labute approximate surface area is 135 Å². The van der Waals surface area contributed by atoms with E-state index in [-0.39, 0.29) is 5.82 Å². The van der Waals surface area contributed by atoms with Crippen molar-refractivity contribution in [3.63, 3.8) is 0 Å². The van der Waals surface area contributed by atoms with Gasteiger partial charge in [0.1, 0.15) is 11.6 Å². The lowest BCUT2D eigenvalue weighted by molar-refractivity contribution is 0.628. The molecule has 0 aliphatic rings. The molecule has 2 aromatic carbocycles. The van der Waals surface area contributed by atoms with Gasteiger partial charge in [0.2, 0.25) is 5.95 Å². The number of halogens is 2. The molecule has 0 atom stereocenters. The fourth-order valence-corrected chi connectivity index (χ4v) is 2.30. The second-order valence-electron chi connectivity index (χ2n) is 4.54. The molecule has 1 aromatic heterocycles. The van der Waals surface area contributed by atoms with E-state index in [1.54, 1.807) is 24.4 Å². The van der Waals surface area contributed by atoms with Crippen molar-refractivity contribution < 1.29 is 4.39 Å². The van der Waals surface area contributed by atoms with E-state index in [2.05, 4.69) is 36.5 Å². The minimum atomic E-state index is -0.299. The monoisotopic (exact) mass is 358 g/mol. The Hall–Kier alpha value is -2.47. The molecular formula is C16H12BrFN4. The van der Waals surface area contributed by atoms with Crippen LogP contribution in [0.2, 0.25) is 0 Å². The number of hydrogen-bond donors (Lipinski definition) is 2. The number of nitrogens with one attached hydrogen (secondary N) is 2. The summed E-state index contributed by atoms with van der Waals surface area (Å²) in [6.07, 6.45) is 1.63. The SMILES string of the molecule is Fc1cccc(Nc2ccnc(Nc3cccc(Br)c3)n2)c1. The van der Waals surface area contributed by atoms with Gasteiger partial charge in [-0.05, 0) is 42.5 Å². The molecule has 0 aliphatic heterocycles. The summed E-state index contributed by atoms with van der Waals surface area (Å²) in [7, 11) is 0. The Balaban J connectivity index is 1.78. The van der Waals surface area contributed by atoms with Crippen LogP contribution in [0.4, 0.5) is 27.5 Å². The molecule has 3 aromatic rings. The summed E-state index contributed by atoms with van der Waals surface area (Å²) in [6, 6.07) is 15.6. The molecule has 0 radical (unpaired) electrons. The Kier molecular flexibility index (Phi) is 4.29. The van der Waals surface area contributed by atoms with Crippen molar-refractivity contribution in [2.75, 3.05) is 10.6 Å². The predicted octanol–water partition coefficient (Wildman–Crippen LogP) is 4.87. The van der Waals surface area contributed by atoms with E-state index in [1.165, 1.54) is 12.1 Å². The van der Waals surface area contributed by atoms with E-state index in [1.807, 2.05) is 24.3 Å². The molecule has 0 spiro atoms. The third-order valence-corrected chi connectivity index (χ3v) is 3.33. The minimum absolute atomic E-state index is 0.299. The Morgan fingerprint density at radius 2 is 1.68 bits per heavy atom. The van der Waals surface area contributed by atoms with Crippen LogP contribution in [0.5, 0.6) is 0 Å². The summed E-state index contributed by atoms with van der Waals surface area (Å²) >= 11 is 3.41. The molecule has 0 saturated heterocycles. The van der Waals surface area contributed by atoms with Crippen molar-refractivity contribution in [1.29, 1.82) is 0 Å². The fraction of sp³-hybridized carbons (Fsp3) is 0. The molecule has 0 saturated carbocycles. The molecule has 0 aliphatic carbocycles. The van der Waals surface area contributed by atoms with E-state index >= 15 is 0 Å². The molecule has 3 rings (SSSR count). The van der Waals surface area contributed by atoms with Crippen LogP contribution >= 0.6 is 15.9 Å². The van der Waals surface area contributed by atoms with Crippen molar-refractivity contribution in [1.82, 2.24) is 9.97 Å². The van der Waals surface area contributed by atoms with E-state index in [9.17, 15) is 4.39 Å². The number of nitrogens with zero attached hydrogens (tertiary/aromatic N) is 2. The van der Waals surface area contributed by atoms with Gasteiger partial charge in [-0.3, -0.25) is 0 Å². The molecule has 4 nitrogen and oxygen atoms in total. The molecule has 0 unspecified atom stereocenters. The smallest absolute Gasteiger partial charge is 0.229 e. The first-order valence-electron chi connectivity index (χ1n) is 6.57. The summed E-state index contributed by atoms with van der Waals surface area (Å²) in [5.74, 6) is 0.740. The number of anilines is 4. The van der Waals surface area contributed by atoms with Crippen molar-refractivity contribution in [2.45, 2.75) is 0 Å². The number of rotatable bonds is 4. The average molecular weight is 359 g/mol. The summed E-state index contributed by atoms with van der Waals surface area (Å²) in [6.45, 7) is 0. The fourth-order valence-electron chi connectivity index (χ4n) is 1.90. The van der Waals surface area contributed by atoms with E-state index < -0.39 is 0 Å². The van der Waals surface area contributed by atoms with Crippen molar-refractivity contribution in [3.8, 4) is 0 Å². The highest BCUT2D eigenvalue weighted by Gasteiger charge is 2.02. The topological polar surface area (TPSA) is 49.8 Å². The highest BCUT2D eigenvalue weighted by molar-refractivity contribution is 9.10. The van der Waals surface area contributed by atoms with Crippen LogP contribution in [-0.4, -0.2) is 9.97 Å². The molecule has 0 bridgehead atoms. The molecule has 22 heavy (non-hydrogen) atoms. The summed E-state index contributed by atoms with van der Waals surface area (Å²) in [5.41, 5.74) is 1.50. The summed E-state index contributed by atoms with van der Waals surface area (Å²) in [5, 5.41) is 6.16. The van der Waals surface area contributed by atoms with Crippen LogP contribution in [0, 0.1) is 5.82 Å². The lowest BCUT2D eigenvalue weighted by atomic mass is 10.3. The van der Waals surface area contributed by atoms with Gasteiger partial charge in [-0.25, -0.2) is 9.37 Å². The first kappa shape index (κ1) is 14.5. The maximum Gasteiger partial charge on any atom is 0.229 e. The van der Waals surface area contributed by atoms with Gasteiger partial charge in [0.15, 0.2) is 0 Å². The van der Waals surface area contributed by atoms with Gasteiger partial charge in [0, 0.05) is 22.0 Å². The number of hydrogen-bond acceptors (Lipinski definition) is 4. The Morgan fingerprint density at radius 3 is 2.45 bits per heavy atom. The zero-order valence-corrected chi connectivity index (χ0v) is 13.0. The molecule has 6 heteroatoms. The largest absolute Gasteiger partial charge is 0.340 e. The van der Waals surface area contributed by atoms with Gasteiger partial charge in [0.05, 0.1) is 0 Å². The minimum Gasteiger partial charge on any atom is -0.340 e. The van der Waals surface area contributed by atoms with Crippen LogP contribution in [0.3, 0.4) is 0 Å². The lowest BCUT2D eigenvalue weighted by Crippen LogP contribution is -2.00. The lowest BCUT2D eigenvalue weighted by Gasteiger charge is -2.08. The average Bonchev–Trinajstić information content (AvgIpc) is 2.47. The Morgan fingerprint density at radius 1 is 0.909 bits per heavy atom. The van der Waals surface area contributed by atoms with Gasteiger partial charge < -0.3 is 10.6 Å². The predicted molar refractivity (Wildman–Crippen MR) is 89.1 cm³/mol. The zero-order chi connectivity index (χ0) is 15.4. The van der Waals surface area contributed by atoms with Crippen molar-refractivity contribution >= 4 is 39.1 Å². The molecule has 110 valence electrons.